The van der Waals surface area contributed by atoms with Crippen LogP contribution in [0, 0.1) is 0 Å². The number of unbranched alkanes of at least 4 members (excludes halogenated alkanes) is 2. The minimum absolute atomic E-state index is 0.179. The van der Waals surface area contributed by atoms with Crippen LogP contribution >= 0.6 is 11.3 Å². The van der Waals surface area contributed by atoms with Crippen molar-refractivity contribution in [3.63, 3.8) is 0 Å². The van der Waals surface area contributed by atoms with Crippen molar-refractivity contribution >= 4 is 17.2 Å². The number of ether oxygens (including phenoxy) is 1. The summed E-state index contributed by atoms with van der Waals surface area (Å²) in [5.41, 5.74) is 0. The minimum Gasteiger partial charge on any atom is -0.491 e. The summed E-state index contributed by atoms with van der Waals surface area (Å²) in [4.78, 5) is 17.0. The Morgan fingerprint density at radius 1 is 1.06 bits per heavy atom. The maximum atomic E-state index is 12.9. The SMILES string of the molecule is CCCCN(CCCC)C(=O)c1ccc(CCCNCC(O)COc2ccccc2)s1. The lowest BCUT2D eigenvalue weighted by Gasteiger charge is -2.21. The van der Waals surface area contributed by atoms with E-state index < -0.39 is 6.10 Å². The van der Waals surface area contributed by atoms with Crippen LogP contribution in [-0.4, -0.2) is 54.8 Å². The van der Waals surface area contributed by atoms with Crippen molar-refractivity contribution in [2.75, 3.05) is 32.8 Å². The van der Waals surface area contributed by atoms with Gasteiger partial charge in [0.15, 0.2) is 0 Å². The number of nitrogens with zero attached hydrogens (tertiary/aromatic N) is 1. The highest BCUT2D eigenvalue weighted by Gasteiger charge is 2.17. The lowest BCUT2D eigenvalue weighted by molar-refractivity contribution is 0.0756. The largest absolute Gasteiger partial charge is 0.491 e. The molecule has 0 radical (unpaired) electrons. The fourth-order valence-electron chi connectivity index (χ4n) is 3.22. The van der Waals surface area contributed by atoms with Gasteiger partial charge in [0.25, 0.3) is 5.91 Å². The van der Waals surface area contributed by atoms with Crippen molar-refractivity contribution in [1.29, 1.82) is 0 Å². The first-order chi connectivity index (χ1) is 15.1. The van der Waals surface area contributed by atoms with Crippen molar-refractivity contribution < 1.29 is 14.6 Å². The second-order valence-electron chi connectivity index (χ2n) is 7.85. The molecule has 2 rings (SSSR count). The number of nitrogens with one attached hydrogen (secondary N) is 1. The highest BCUT2D eigenvalue weighted by Crippen LogP contribution is 2.20. The van der Waals surface area contributed by atoms with E-state index in [1.165, 1.54) is 4.88 Å². The Morgan fingerprint density at radius 3 is 2.45 bits per heavy atom. The fourth-order valence-corrected chi connectivity index (χ4v) is 4.24. The van der Waals surface area contributed by atoms with Gasteiger partial charge in [-0.05, 0) is 56.5 Å². The molecular weight excluding hydrogens is 408 g/mol. The third kappa shape index (κ3) is 9.85. The summed E-state index contributed by atoms with van der Waals surface area (Å²) in [6.07, 6.45) is 5.69. The molecule has 1 amide bonds. The number of para-hydroxylation sites is 1. The van der Waals surface area contributed by atoms with Crippen LogP contribution in [0.1, 0.15) is 60.5 Å². The molecule has 6 heteroatoms. The van der Waals surface area contributed by atoms with Crippen molar-refractivity contribution in [2.24, 2.45) is 0 Å². The van der Waals surface area contributed by atoms with Crippen LogP contribution in [0.15, 0.2) is 42.5 Å². The van der Waals surface area contributed by atoms with E-state index in [0.717, 1.165) is 68.8 Å². The molecule has 0 aliphatic heterocycles. The molecule has 1 unspecified atom stereocenters. The van der Waals surface area contributed by atoms with Crippen LogP contribution in [0.2, 0.25) is 0 Å². The zero-order valence-electron chi connectivity index (χ0n) is 19.0. The van der Waals surface area contributed by atoms with Gasteiger partial charge in [-0.15, -0.1) is 11.3 Å². The number of amides is 1. The molecule has 0 aliphatic rings. The van der Waals surface area contributed by atoms with E-state index in [1.807, 2.05) is 41.3 Å². The number of benzene rings is 1. The number of aryl methyl sites for hydroxylation is 1. The average Bonchev–Trinajstić information content (AvgIpc) is 3.27. The molecule has 0 bridgehead atoms. The van der Waals surface area contributed by atoms with E-state index in [9.17, 15) is 9.90 Å². The van der Waals surface area contributed by atoms with E-state index in [2.05, 4.69) is 25.2 Å². The molecule has 0 aliphatic carbocycles. The summed E-state index contributed by atoms with van der Waals surface area (Å²) >= 11 is 1.62. The quantitative estimate of drug-likeness (QED) is 0.365. The van der Waals surface area contributed by atoms with Crippen molar-refractivity contribution in [3.8, 4) is 5.75 Å². The number of hydrogen-bond acceptors (Lipinski definition) is 5. The monoisotopic (exact) mass is 446 g/mol. The Balaban J connectivity index is 1.66. The summed E-state index contributed by atoms with van der Waals surface area (Å²) in [7, 11) is 0. The van der Waals surface area contributed by atoms with Gasteiger partial charge in [-0.3, -0.25) is 4.79 Å². The van der Waals surface area contributed by atoms with Gasteiger partial charge in [-0.2, -0.15) is 0 Å². The molecule has 172 valence electrons. The molecule has 2 N–H and O–H groups in total. The van der Waals surface area contributed by atoms with Crippen molar-refractivity contribution in [3.05, 3.63) is 52.2 Å². The van der Waals surface area contributed by atoms with Crippen molar-refractivity contribution in [2.45, 2.75) is 58.5 Å². The third-order valence-electron chi connectivity index (χ3n) is 5.07. The molecule has 0 saturated heterocycles. The lowest BCUT2D eigenvalue weighted by atomic mass is 10.2. The molecule has 2 aromatic rings. The Morgan fingerprint density at radius 2 is 1.77 bits per heavy atom. The molecule has 1 heterocycles. The lowest BCUT2D eigenvalue weighted by Crippen LogP contribution is -2.32. The van der Waals surface area contributed by atoms with Crippen molar-refractivity contribution in [1.82, 2.24) is 10.2 Å². The first-order valence-electron chi connectivity index (χ1n) is 11.6. The Hall–Kier alpha value is -1.89. The first-order valence-corrected chi connectivity index (χ1v) is 12.4. The van der Waals surface area contributed by atoms with Crippen LogP contribution in [0.3, 0.4) is 0 Å². The number of carbonyl (C=O) groups is 1. The summed E-state index contributed by atoms with van der Waals surface area (Å²) in [6, 6.07) is 13.6. The number of rotatable bonds is 16. The third-order valence-corrected chi connectivity index (χ3v) is 6.20. The van der Waals surface area contributed by atoms with E-state index in [1.54, 1.807) is 11.3 Å². The van der Waals surface area contributed by atoms with Gasteiger partial charge in [-0.25, -0.2) is 0 Å². The van der Waals surface area contributed by atoms with Gasteiger partial charge in [0.05, 0.1) is 4.88 Å². The van der Waals surface area contributed by atoms with E-state index >= 15 is 0 Å². The average molecular weight is 447 g/mol. The summed E-state index contributed by atoms with van der Waals surface area (Å²) in [5, 5.41) is 13.3. The second kappa shape index (κ2) is 15.0. The van der Waals surface area contributed by atoms with Gasteiger partial charge in [-0.1, -0.05) is 44.9 Å². The molecule has 1 atom stereocenters. The standard InChI is InChI=1S/C25H38N2O3S/c1-3-5-17-27(18-6-4-2)25(29)24-15-14-23(31-24)13-10-16-26-19-21(28)20-30-22-11-8-7-9-12-22/h7-9,11-12,14-15,21,26,28H,3-6,10,13,16-20H2,1-2H3. The molecule has 5 nitrogen and oxygen atoms in total. The number of carbonyl (C=O) groups excluding carboxylic acids is 1. The predicted molar refractivity (Wildman–Crippen MR) is 129 cm³/mol. The molecule has 1 aromatic heterocycles. The van der Waals surface area contributed by atoms with Crippen LogP contribution in [0.5, 0.6) is 5.75 Å². The minimum atomic E-state index is -0.539. The molecule has 0 spiro atoms. The van der Waals surface area contributed by atoms with Crippen LogP contribution in [0.25, 0.3) is 0 Å². The topological polar surface area (TPSA) is 61.8 Å². The zero-order valence-corrected chi connectivity index (χ0v) is 19.8. The van der Waals surface area contributed by atoms with E-state index in [4.69, 9.17) is 4.74 Å². The van der Waals surface area contributed by atoms with E-state index in [-0.39, 0.29) is 12.5 Å². The Labute approximate surface area is 191 Å². The molecule has 31 heavy (non-hydrogen) atoms. The fraction of sp³-hybridized carbons (Fsp3) is 0.560. The maximum Gasteiger partial charge on any atom is 0.263 e. The maximum absolute atomic E-state index is 12.9. The Bertz CT molecular complexity index is 727. The number of aliphatic hydroxyl groups excluding tert-OH is 1. The predicted octanol–water partition coefficient (Wildman–Crippen LogP) is 4.75. The first kappa shape index (κ1) is 25.4. The summed E-state index contributed by atoms with van der Waals surface area (Å²) in [6.45, 7) is 7.63. The molecule has 0 fully saturated rings. The normalized spacial score (nSPS) is 12.0. The molecule has 0 saturated carbocycles. The van der Waals surface area contributed by atoms with Crippen LogP contribution in [0.4, 0.5) is 0 Å². The van der Waals surface area contributed by atoms with Gasteiger partial charge in [0.2, 0.25) is 0 Å². The second-order valence-corrected chi connectivity index (χ2v) is 9.02. The van der Waals surface area contributed by atoms with E-state index in [0.29, 0.717) is 6.54 Å². The van der Waals surface area contributed by atoms with Gasteiger partial charge in [0.1, 0.15) is 18.5 Å². The smallest absolute Gasteiger partial charge is 0.263 e. The highest BCUT2D eigenvalue weighted by atomic mass is 32.1. The summed E-state index contributed by atoms with van der Waals surface area (Å²) in [5.74, 6) is 0.949. The number of thiophene rings is 1. The molecular formula is C25H38N2O3S. The van der Waals surface area contributed by atoms with Crippen LogP contribution in [-0.2, 0) is 6.42 Å². The Kier molecular flexibility index (Phi) is 12.3. The zero-order chi connectivity index (χ0) is 22.3. The number of hydrogen-bond donors (Lipinski definition) is 2. The summed E-state index contributed by atoms with van der Waals surface area (Å²) < 4.78 is 5.56. The highest BCUT2D eigenvalue weighted by molar-refractivity contribution is 7.14. The van der Waals surface area contributed by atoms with Gasteiger partial charge >= 0.3 is 0 Å². The van der Waals surface area contributed by atoms with Gasteiger partial charge in [0, 0.05) is 24.5 Å². The van der Waals surface area contributed by atoms with Gasteiger partial charge < -0.3 is 20.1 Å². The molecule has 1 aromatic carbocycles. The number of aliphatic hydroxyl groups is 1. The van der Waals surface area contributed by atoms with Crippen LogP contribution < -0.4 is 10.1 Å².